The molecule has 1 aliphatic carbocycles. The quantitative estimate of drug-likeness (QED) is 0.576. The number of anilines is 1. The minimum Gasteiger partial charge on any atom is -0.497 e. The Bertz CT molecular complexity index is 1050. The summed E-state index contributed by atoms with van der Waals surface area (Å²) in [7, 11) is 1.61. The van der Waals surface area contributed by atoms with Gasteiger partial charge in [-0.15, -0.1) is 11.3 Å². The van der Waals surface area contributed by atoms with Crippen LogP contribution < -0.4 is 10.1 Å². The summed E-state index contributed by atoms with van der Waals surface area (Å²) in [5, 5.41) is 5.54. The van der Waals surface area contributed by atoms with E-state index in [0.29, 0.717) is 17.9 Å². The van der Waals surface area contributed by atoms with Gasteiger partial charge in [0.1, 0.15) is 16.5 Å². The monoisotopic (exact) mass is 484 g/mol. The minimum atomic E-state index is -0.202. The van der Waals surface area contributed by atoms with Crippen molar-refractivity contribution >= 4 is 29.0 Å². The van der Waals surface area contributed by atoms with Gasteiger partial charge >= 0.3 is 6.03 Å². The van der Waals surface area contributed by atoms with Gasteiger partial charge in [-0.3, -0.25) is 4.79 Å². The average molecular weight is 485 g/mol. The normalized spacial score (nSPS) is 23.1. The second-order valence-electron chi connectivity index (χ2n) is 11.2. The van der Waals surface area contributed by atoms with E-state index in [-0.39, 0.29) is 34.9 Å². The molecule has 1 N–H and O–H groups in total. The SMILES string of the molecule is COc1ccc(NC(=O)N(Cc2nc(C(=O)N3CC4(C)CC3CC(C)(C)C4)cs2)C(C)C)cc1. The summed E-state index contributed by atoms with van der Waals surface area (Å²) in [6.45, 7) is 12.0. The summed E-state index contributed by atoms with van der Waals surface area (Å²) < 4.78 is 5.18. The van der Waals surface area contributed by atoms with Crippen molar-refractivity contribution in [2.75, 3.05) is 19.0 Å². The number of likely N-dealkylation sites (tertiary alicyclic amines) is 1. The minimum absolute atomic E-state index is 0.0210. The number of hydrogen-bond donors (Lipinski definition) is 1. The molecule has 2 aliphatic rings. The fourth-order valence-electron chi connectivity index (χ4n) is 5.83. The number of carbonyl (C=O) groups is 2. The van der Waals surface area contributed by atoms with E-state index in [1.165, 1.54) is 11.3 Å². The van der Waals surface area contributed by atoms with Crippen LogP contribution in [0, 0.1) is 10.8 Å². The van der Waals surface area contributed by atoms with Crippen LogP contribution >= 0.6 is 11.3 Å². The van der Waals surface area contributed by atoms with Crippen molar-refractivity contribution in [3.05, 3.63) is 40.3 Å². The molecule has 2 fully saturated rings. The highest BCUT2D eigenvalue weighted by molar-refractivity contribution is 7.09. The number of hydrogen-bond acceptors (Lipinski definition) is 5. The summed E-state index contributed by atoms with van der Waals surface area (Å²) in [5.74, 6) is 0.755. The molecule has 1 aromatic heterocycles. The highest BCUT2D eigenvalue weighted by Gasteiger charge is 2.51. The van der Waals surface area contributed by atoms with Crippen LogP contribution in [0.15, 0.2) is 29.6 Å². The Morgan fingerprint density at radius 1 is 1.24 bits per heavy atom. The van der Waals surface area contributed by atoms with Gasteiger partial charge < -0.3 is 19.9 Å². The molecule has 7 nitrogen and oxygen atoms in total. The van der Waals surface area contributed by atoms with Crippen LogP contribution in [-0.4, -0.2) is 52.5 Å². The maximum atomic E-state index is 13.4. The predicted octanol–water partition coefficient (Wildman–Crippen LogP) is 5.64. The molecule has 1 saturated heterocycles. The van der Waals surface area contributed by atoms with Crippen LogP contribution in [-0.2, 0) is 6.54 Å². The molecule has 1 saturated carbocycles. The lowest BCUT2D eigenvalue weighted by atomic mass is 9.65. The lowest BCUT2D eigenvalue weighted by molar-refractivity contribution is 0.0703. The fraction of sp³-hybridized carbons (Fsp3) is 0.577. The van der Waals surface area contributed by atoms with Gasteiger partial charge in [-0.25, -0.2) is 9.78 Å². The van der Waals surface area contributed by atoms with Crippen molar-refractivity contribution in [1.29, 1.82) is 0 Å². The third kappa shape index (κ3) is 5.22. The summed E-state index contributed by atoms with van der Waals surface area (Å²) in [6.07, 6.45) is 3.26. The van der Waals surface area contributed by atoms with Crippen LogP contribution in [0.25, 0.3) is 0 Å². The molecule has 34 heavy (non-hydrogen) atoms. The maximum absolute atomic E-state index is 13.4. The third-order valence-corrected chi connectivity index (χ3v) is 7.81. The average Bonchev–Trinajstić information content (AvgIpc) is 3.32. The first-order chi connectivity index (χ1) is 16.0. The molecular formula is C26H36N4O3S. The maximum Gasteiger partial charge on any atom is 0.322 e. The summed E-state index contributed by atoms with van der Waals surface area (Å²) in [4.78, 5) is 34.8. The van der Waals surface area contributed by atoms with Crippen LogP contribution in [0.5, 0.6) is 5.75 Å². The van der Waals surface area contributed by atoms with Crippen molar-refractivity contribution in [2.24, 2.45) is 10.8 Å². The molecule has 2 unspecified atom stereocenters. The predicted molar refractivity (Wildman–Crippen MR) is 135 cm³/mol. The number of nitrogens with zero attached hydrogens (tertiary/aromatic N) is 3. The van der Waals surface area contributed by atoms with Gasteiger partial charge in [-0.05, 0) is 68.2 Å². The fourth-order valence-corrected chi connectivity index (χ4v) is 6.60. The van der Waals surface area contributed by atoms with Crippen molar-refractivity contribution in [3.8, 4) is 5.75 Å². The molecule has 2 bridgehead atoms. The van der Waals surface area contributed by atoms with Crippen LogP contribution in [0.4, 0.5) is 10.5 Å². The largest absolute Gasteiger partial charge is 0.497 e. The van der Waals surface area contributed by atoms with Crippen LogP contribution in [0.3, 0.4) is 0 Å². The Labute approximate surface area is 206 Å². The number of rotatable bonds is 6. The highest BCUT2D eigenvalue weighted by atomic mass is 32.1. The standard InChI is InChI=1S/C26H36N4O3S/c1-17(2)29(24(32)27-18-7-9-20(33-6)10-8-18)13-22-28-21(14-34-22)23(31)30-16-26(5)12-19(30)11-25(3,4)15-26/h7-10,14,17,19H,11-13,15-16H2,1-6H3,(H,27,32). The van der Waals surface area contributed by atoms with E-state index in [0.717, 1.165) is 36.6 Å². The Hall–Kier alpha value is -2.61. The zero-order valence-electron chi connectivity index (χ0n) is 21.1. The van der Waals surface area contributed by atoms with E-state index < -0.39 is 0 Å². The van der Waals surface area contributed by atoms with E-state index in [2.05, 4.69) is 31.1 Å². The van der Waals surface area contributed by atoms with Crippen molar-refractivity contribution in [3.63, 3.8) is 0 Å². The Morgan fingerprint density at radius 3 is 2.59 bits per heavy atom. The zero-order chi connectivity index (χ0) is 24.7. The summed E-state index contributed by atoms with van der Waals surface area (Å²) in [6, 6.07) is 7.29. The van der Waals surface area contributed by atoms with Gasteiger partial charge in [-0.2, -0.15) is 0 Å². The summed E-state index contributed by atoms with van der Waals surface area (Å²) in [5.41, 5.74) is 1.64. The van der Waals surface area contributed by atoms with E-state index in [4.69, 9.17) is 4.74 Å². The first-order valence-electron chi connectivity index (χ1n) is 12.0. The number of benzene rings is 1. The zero-order valence-corrected chi connectivity index (χ0v) is 21.9. The lowest BCUT2D eigenvalue weighted by Gasteiger charge is -2.39. The number of aromatic nitrogens is 1. The second kappa shape index (κ2) is 9.21. The molecule has 3 amide bonds. The van der Waals surface area contributed by atoms with Crippen LogP contribution in [0.1, 0.15) is 69.4 Å². The number of methoxy groups -OCH3 is 1. The molecule has 1 aromatic carbocycles. The van der Waals surface area contributed by atoms with E-state index in [1.807, 2.05) is 48.4 Å². The molecule has 2 heterocycles. The van der Waals surface area contributed by atoms with Gasteiger partial charge in [0.25, 0.3) is 5.91 Å². The molecule has 1 aliphatic heterocycles. The van der Waals surface area contributed by atoms with Gasteiger partial charge in [0.15, 0.2) is 0 Å². The molecule has 0 radical (unpaired) electrons. The highest BCUT2D eigenvalue weighted by Crippen LogP contribution is 2.52. The first kappa shape index (κ1) is 24.5. The number of amides is 3. The Kier molecular flexibility index (Phi) is 6.64. The molecule has 2 aromatic rings. The Balaban J connectivity index is 1.43. The molecule has 184 valence electrons. The van der Waals surface area contributed by atoms with Gasteiger partial charge in [0.05, 0.1) is 13.7 Å². The number of ether oxygens (including phenoxy) is 1. The topological polar surface area (TPSA) is 74.8 Å². The molecule has 4 rings (SSSR count). The smallest absolute Gasteiger partial charge is 0.322 e. The second-order valence-corrected chi connectivity index (χ2v) is 12.1. The third-order valence-electron chi connectivity index (χ3n) is 6.98. The number of urea groups is 1. The molecule has 0 spiro atoms. The molecular weight excluding hydrogens is 448 g/mol. The number of carbonyl (C=O) groups excluding carboxylic acids is 2. The van der Waals surface area contributed by atoms with E-state index >= 15 is 0 Å². The number of thiazole rings is 1. The van der Waals surface area contributed by atoms with E-state index in [9.17, 15) is 9.59 Å². The lowest BCUT2D eigenvalue weighted by Crippen LogP contribution is -2.39. The molecule has 8 heteroatoms. The van der Waals surface area contributed by atoms with E-state index in [1.54, 1.807) is 12.0 Å². The summed E-state index contributed by atoms with van der Waals surface area (Å²) >= 11 is 1.44. The van der Waals surface area contributed by atoms with Gasteiger partial charge in [-0.1, -0.05) is 20.8 Å². The first-order valence-corrected chi connectivity index (χ1v) is 12.8. The van der Waals surface area contributed by atoms with Crippen molar-refractivity contribution in [1.82, 2.24) is 14.8 Å². The Morgan fingerprint density at radius 2 is 1.94 bits per heavy atom. The number of nitrogens with one attached hydrogen (secondary N) is 1. The van der Waals surface area contributed by atoms with Gasteiger partial charge in [0, 0.05) is 29.7 Å². The van der Waals surface area contributed by atoms with Crippen LogP contribution in [0.2, 0.25) is 0 Å². The van der Waals surface area contributed by atoms with Crippen molar-refractivity contribution < 1.29 is 14.3 Å². The van der Waals surface area contributed by atoms with Gasteiger partial charge in [0.2, 0.25) is 0 Å². The molecule has 2 atom stereocenters. The van der Waals surface area contributed by atoms with Crippen molar-refractivity contribution in [2.45, 2.75) is 72.5 Å². The number of fused-ring (bicyclic) bond motifs is 2.